The molecule has 0 saturated carbocycles. The molecule has 0 N–H and O–H groups in total. The Morgan fingerprint density at radius 3 is 2.14 bits per heavy atom. The van der Waals surface area contributed by atoms with Gasteiger partial charge in [0.2, 0.25) is 0 Å². The number of hydrogen-bond donors (Lipinski definition) is 0. The lowest BCUT2D eigenvalue weighted by Crippen LogP contribution is -2.11. The Kier molecular flexibility index (Phi) is 4.78. The molecule has 2 heterocycles. The summed E-state index contributed by atoms with van der Waals surface area (Å²) in [5.74, 6) is 0. The minimum atomic E-state index is 1.04. The molecule has 168 valence electrons. The third-order valence-electron chi connectivity index (χ3n) is 7.04. The van der Waals surface area contributed by atoms with Gasteiger partial charge in [-0.1, -0.05) is 82.7 Å². The molecular weight excluding hydrogens is 492 g/mol. The predicted octanol–water partition coefficient (Wildman–Crippen LogP) is 9.32. The topological polar surface area (TPSA) is 8.17 Å². The van der Waals surface area contributed by atoms with Gasteiger partial charge in [0.05, 0.1) is 17.1 Å². The molecule has 4 aromatic carbocycles. The first-order valence-corrected chi connectivity index (χ1v) is 12.8. The third kappa shape index (κ3) is 3.15. The average molecular weight is 515 g/mol. The molecule has 0 fully saturated rings. The minimum Gasteiger partial charge on any atom is -0.309 e. The van der Waals surface area contributed by atoms with Gasteiger partial charge >= 0.3 is 0 Å². The second-order valence-electron chi connectivity index (χ2n) is 9.05. The molecule has 5 aromatic rings. The zero-order chi connectivity index (χ0) is 23.4. The number of rotatable bonds is 2. The normalized spacial score (nSPS) is 13.5. The first-order chi connectivity index (χ1) is 17.3. The Hall–Kier alpha value is -3.82. The summed E-state index contributed by atoms with van der Waals surface area (Å²) in [5.41, 5.74) is 12.6. The van der Waals surface area contributed by atoms with Crippen LogP contribution in [0.15, 0.2) is 114 Å². The van der Waals surface area contributed by atoms with Crippen molar-refractivity contribution < 1.29 is 0 Å². The maximum Gasteiger partial charge on any atom is 0.0637 e. The van der Waals surface area contributed by atoms with Crippen LogP contribution in [0.3, 0.4) is 0 Å². The van der Waals surface area contributed by atoms with Gasteiger partial charge in [-0.3, -0.25) is 0 Å². The zero-order valence-electron chi connectivity index (χ0n) is 19.2. The van der Waals surface area contributed by atoms with E-state index in [0.717, 1.165) is 23.0 Å². The quantitative estimate of drug-likeness (QED) is 0.223. The Morgan fingerprint density at radius 1 is 0.657 bits per heavy atom. The summed E-state index contributed by atoms with van der Waals surface area (Å²) in [6, 6.07) is 37.1. The summed E-state index contributed by atoms with van der Waals surface area (Å²) in [4.78, 5) is 2.41. The van der Waals surface area contributed by atoms with Crippen LogP contribution in [-0.2, 0) is 6.42 Å². The van der Waals surface area contributed by atoms with Crippen molar-refractivity contribution in [1.29, 1.82) is 0 Å². The van der Waals surface area contributed by atoms with Crippen molar-refractivity contribution in [1.82, 2.24) is 4.57 Å². The van der Waals surface area contributed by atoms with Crippen LogP contribution in [0.5, 0.6) is 0 Å². The van der Waals surface area contributed by atoms with Gasteiger partial charge in [0, 0.05) is 38.2 Å². The van der Waals surface area contributed by atoms with E-state index in [1.165, 1.54) is 50.7 Å². The summed E-state index contributed by atoms with van der Waals surface area (Å²) in [5, 5.41) is 0. The van der Waals surface area contributed by atoms with Crippen molar-refractivity contribution in [2.75, 3.05) is 4.90 Å². The second-order valence-corrected chi connectivity index (χ2v) is 9.96. The van der Waals surface area contributed by atoms with Crippen LogP contribution in [0.2, 0.25) is 0 Å². The molecule has 2 nitrogen and oxygen atoms in total. The Bertz CT molecular complexity index is 1610. The van der Waals surface area contributed by atoms with Gasteiger partial charge in [0.15, 0.2) is 0 Å². The average Bonchev–Trinajstić information content (AvgIpc) is 3.19. The highest BCUT2D eigenvalue weighted by Gasteiger charge is 2.33. The molecule has 0 amide bonds. The number of aromatic nitrogens is 1. The summed E-state index contributed by atoms with van der Waals surface area (Å²) < 4.78 is 3.54. The lowest BCUT2D eigenvalue weighted by atomic mass is 9.92. The Morgan fingerprint density at radius 2 is 1.34 bits per heavy atom. The van der Waals surface area contributed by atoms with Crippen LogP contribution in [0.4, 0.5) is 17.1 Å². The van der Waals surface area contributed by atoms with E-state index in [9.17, 15) is 0 Å². The van der Waals surface area contributed by atoms with E-state index in [1.54, 1.807) is 0 Å². The zero-order valence-corrected chi connectivity index (χ0v) is 20.7. The van der Waals surface area contributed by atoms with E-state index in [0.29, 0.717) is 0 Å². The van der Waals surface area contributed by atoms with E-state index in [2.05, 4.69) is 141 Å². The smallest absolute Gasteiger partial charge is 0.0637 e. The molecule has 0 unspecified atom stereocenters. The molecule has 0 radical (unpaired) electrons. The van der Waals surface area contributed by atoms with Crippen molar-refractivity contribution in [3.05, 3.63) is 125 Å². The Balaban J connectivity index is 1.65. The van der Waals surface area contributed by atoms with Crippen molar-refractivity contribution in [2.45, 2.75) is 12.8 Å². The molecule has 0 saturated heterocycles. The molecule has 0 atom stereocenters. The fourth-order valence-electron chi connectivity index (χ4n) is 5.65. The minimum absolute atomic E-state index is 1.04. The molecule has 0 bridgehead atoms. The maximum atomic E-state index is 3.70. The maximum absolute atomic E-state index is 3.70. The van der Waals surface area contributed by atoms with Crippen molar-refractivity contribution in [2.24, 2.45) is 0 Å². The third-order valence-corrected chi connectivity index (χ3v) is 7.54. The van der Waals surface area contributed by atoms with E-state index < -0.39 is 0 Å². The van der Waals surface area contributed by atoms with Crippen molar-refractivity contribution in [3.8, 4) is 28.1 Å². The van der Waals surface area contributed by atoms with Gasteiger partial charge in [-0.2, -0.15) is 0 Å². The fourth-order valence-corrected chi connectivity index (χ4v) is 6.04. The predicted molar refractivity (Wildman–Crippen MR) is 150 cm³/mol. The van der Waals surface area contributed by atoms with Crippen LogP contribution in [0.1, 0.15) is 17.7 Å². The lowest BCUT2D eigenvalue weighted by molar-refractivity contribution is 0.960. The van der Waals surface area contributed by atoms with E-state index >= 15 is 0 Å². The summed E-state index contributed by atoms with van der Waals surface area (Å²) in [7, 11) is 0. The first kappa shape index (κ1) is 20.5. The monoisotopic (exact) mass is 514 g/mol. The summed E-state index contributed by atoms with van der Waals surface area (Å²) in [6.45, 7) is 0. The summed E-state index contributed by atoms with van der Waals surface area (Å²) in [6.07, 6.45) is 6.74. The largest absolute Gasteiger partial charge is 0.309 e. The van der Waals surface area contributed by atoms with Gasteiger partial charge in [0.1, 0.15) is 0 Å². The summed E-state index contributed by atoms with van der Waals surface area (Å²) >= 11 is 3.70. The molecular formula is C32H23BrN2. The molecule has 1 aromatic heterocycles. The van der Waals surface area contributed by atoms with Crippen LogP contribution in [0.25, 0.3) is 34.1 Å². The van der Waals surface area contributed by atoms with E-state index in [4.69, 9.17) is 0 Å². The van der Waals surface area contributed by atoms with Crippen LogP contribution < -0.4 is 4.90 Å². The fraction of sp³-hybridized carbons (Fsp3) is 0.0625. The van der Waals surface area contributed by atoms with Crippen LogP contribution >= 0.6 is 15.9 Å². The second kappa shape index (κ2) is 8.14. The van der Waals surface area contributed by atoms with Gasteiger partial charge < -0.3 is 9.47 Å². The van der Waals surface area contributed by atoms with Gasteiger partial charge in [-0.15, -0.1) is 0 Å². The SMILES string of the molecule is Brc1cccc(N2c3ccccc3-c3c4c(n(-c5ccccc5)c3-c3ccccc32)C=CCC4)c1. The molecule has 2 aliphatic rings. The highest BCUT2D eigenvalue weighted by Crippen LogP contribution is 2.54. The van der Waals surface area contributed by atoms with Crippen molar-refractivity contribution >= 4 is 39.1 Å². The van der Waals surface area contributed by atoms with E-state index in [-0.39, 0.29) is 0 Å². The van der Waals surface area contributed by atoms with Crippen LogP contribution in [-0.4, -0.2) is 4.57 Å². The number of hydrogen-bond acceptors (Lipinski definition) is 1. The number of benzene rings is 4. The van der Waals surface area contributed by atoms with Crippen LogP contribution in [0, 0.1) is 0 Å². The number of fused-ring (bicyclic) bond motifs is 7. The number of anilines is 3. The number of para-hydroxylation sites is 3. The molecule has 1 aliphatic carbocycles. The number of nitrogens with zero attached hydrogens (tertiary/aromatic N) is 2. The lowest BCUT2D eigenvalue weighted by Gasteiger charge is -2.28. The molecule has 7 rings (SSSR count). The van der Waals surface area contributed by atoms with Gasteiger partial charge in [0.25, 0.3) is 0 Å². The molecule has 35 heavy (non-hydrogen) atoms. The highest BCUT2D eigenvalue weighted by atomic mass is 79.9. The van der Waals surface area contributed by atoms with Crippen molar-refractivity contribution in [3.63, 3.8) is 0 Å². The highest BCUT2D eigenvalue weighted by molar-refractivity contribution is 9.10. The number of allylic oxidation sites excluding steroid dienone is 1. The van der Waals surface area contributed by atoms with Gasteiger partial charge in [-0.25, -0.2) is 0 Å². The standard InChI is InChI=1S/C32H23BrN2/c33-22-11-10-14-24(21-22)34-28-18-7-4-15-25(28)31-26-16-5-8-19-29(26)35(23-12-2-1-3-13-23)32(31)27-17-6-9-20-30(27)34/h1-4,6-15,17-21H,5,16H2. The Labute approximate surface area is 213 Å². The molecule has 0 spiro atoms. The van der Waals surface area contributed by atoms with E-state index in [1.807, 2.05) is 0 Å². The first-order valence-electron chi connectivity index (χ1n) is 12.1. The molecule has 3 heteroatoms. The molecule has 1 aliphatic heterocycles. The van der Waals surface area contributed by atoms with Gasteiger partial charge in [-0.05, 0) is 66.9 Å². The number of halogens is 1.